The highest BCUT2D eigenvalue weighted by atomic mass is 16.5. The van der Waals surface area contributed by atoms with Gasteiger partial charge in [-0.05, 0) is 41.8 Å². The lowest BCUT2D eigenvalue weighted by molar-refractivity contribution is 0.0960. The third-order valence-electron chi connectivity index (χ3n) is 6.06. The third kappa shape index (κ3) is 3.71. The maximum Gasteiger partial charge on any atom is 0.264 e. The molecule has 0 bridgehead atoms. The maximum atomic E-state index is 13.9. The van der Waals surface area contributed by atoms with E-state index in [0.717, 1.165) is 16.9 Å². The van der Waals surface area contributed by atoms with Crippen molar-refractivity contribution >= 4 is 11.9 Å². The predicted octanol–water partition coefficient (Wildman–Crippen LogP) is 4.68. The van der Waals surface area contributed by atoms with Crippen molar-refractivity contribution in [2.45, 2.75) is 18.5 Å². The molecule has 2 heterocycles. The van der Waals surface area contributed by atoms with Crippen molar-refractivity contribution in [3.63, 3.8) is 0 Å². The lowest BCUT2D eigenvalue weighted by Crippen LogP contribution is -2.42. The van der Waals surface area contributed by atoms with Gasteiger partial charge in [-0.3, -0.25) is 9.69 Å². The highest BCUT2D eigenvalue weighted by Crippen LogP contribution is 2.43. The monoisotopic (exact) mass is 440 g/mol. The van der Waals surface area contributed by atoms with E-state index in [9.17, 15) is 4.79 Å². The van der Waals surface area contributed by atoms with Crippen LogP contribution in [-0.4, -0.2) is 34.9 Å². The van der Waals surface area contributed by atoms with E-state index < -0.39 is 0 Å². The molecule has 0 N–H and O–H groups in total. The molecule has 0 fully saturated rings. The topological polar surface area (TPSA) is 69.5 Å². The molecular formula is C26H24N4O3. The summed E-state index contributed by atoms with van der Waals surface area (Å²) in [6.07, 6.45) is 2.15. The molecule has 0 saturated heterocycles. The lowest BCUT2D eigenvalue weighted by atomic mass is 9.91. The summed E-state index contributed by atoms with van der Waals surface area (Å²) in [6.45, 7) is 0. The molecule has 1 aromatic heterocycles. The Morgan fingerprint density at radius 1 is 0.848 bits per heavy atom. The minimum absolute atomic E-state index is 0.0579. The van der Waals surface area contributed by atoms with Crippen molar-refractivity contribution in [1.29, 1.82) is 0 Å². The van der Waals surface area contributed by atoms with Crippen molar-refractivity contribution < 1.29 is 14.3 Å². The number of rotatable bonds is 5. The molecule has 0 unspecified atom stereocenters. The molecule has 2 atom stereocenters. The SMILES string of the molecule is COc1ccc([C@@H]2C[C@H](c3ccccc3)n3ncnc3N2C(=O)c2ccccc2OC)cc1. The number of hydrogen-bond donors (Lipinski definition) is 0. The fourth-order valence-corrected chi connectivity index (χ4v) is 4.44. The summed E-state index contributed by atoms with van der Waals surface area (Å²) in [5.41, 5.74) is 2.59. The quantitative estimate of drug-likeness (QED) is 0.451. The number of carbonyl (C=O) groups excluding carboxylic acids is 1. The first-order valence-electron chi connectivity index (χ1n) is 10.8. The van der Waals surface area contributed by atoms with Gasteiger partial charge in [0.05, 0.1) is 31.9 Å². The number of amides is 1. The number of methoxy groups -OCH3 is 2. The van der Waals surface area contributed by atoms with Gasteiger partial charge >= 0.3 is 0 Å². The van der Waals surface area contributed by atoms with E-state index in [4.69, 9.17) is 9.47 Å². The van der Waals surface area contributed by atoms with Gasteiger partial charge < -0.3 is 9.47 Å². The van der Waals surface area contributed by atoms with Crippen LogP contribution in [0.3, 0.4) is 0 Å². The van der Waals surface area contributed by atoms with E-state index >= 15 is 0 Å². The van der Waals surface area contributed by atoms with E-state index in [0.29, 0.717) is 23.7 Å². The van der Waals surface area contributed by atoms with E-state index in [-0.39, 0.29) is 18.0 Å². The van der Waals surface area contributed by atoms with Crippen LogP contribution in [0.1, 0.15) is 40.0 Å². The predicted molar refractivity (Wildman–Crippen MR) is 125 cm³/mol. The Morgan fingerprint density at radius 3 is 2.27 bits per heavy atom. The van der Waals surface area contributed by atoms with Gasteiger partial charge in [-0.15, -0.1) is 0 Å². The second-order valence-corrected chi connectivity index (χ2v) is 7.83. The summed E-state index contributed by atoms with van der Waals surface area (Å²) in [7, 11) is 3.21. The van der Waals surface area contributed by atoms with Crippen molar-refractivity contribution in [3.05, 3.63) is 102 Å². The number of nitrogens with zero attached hydrogens (tertiary/aromatic N) is 4. The first-order chi connectivity index (χ1) is 16.2. The van der Waals surface area contributed by atoms with Crippen LogP contribution in [0.4, 0.5) is 5.95 Å². The molecule has 166 valence electrons. The number of hydrogen-bond acceptors (Lipinski definition) is 5. The number of para-hydroxylation sites is 1. The Morgan fingerprint density at radius 2 is 1.55 bits per heavy atom. The molecule has 5 rings (SSSR count). The fraction of sp³-hybridized carbons (Fsp3) is 0.192. The van der Waals surface area contributed by atoms with Gasteiger partial charge in [-0.1, -0.05) is 54.6 Å². The second kappa shape index (κ2) is 8.78. The standard InChI is InChI=1S/C26H24N4O3/c1-32-20-14-12-19(13-15-20)22-16-23(18-8-4-3-5-9-18)30-26(27-17-28-30)29(22)25(31)21-10-6-7-11-24(21)33-2/h3-15,17,22-23H,16H2,1-2H3/t22-,23+/m0/s1. The molecule has 1 aliphatic heterocycles. The largest absolute Gasteiger partial charge is 0.497 e. The summed E-state index contributed by atoms with van der Waals surface area (Å²) in [6, 6.07) is 24.9. The summed E-state index contributed by atoms with van der Waals surface area (Å²) in [5.74, 6) is 1.60. The molecule has 4 aromatic rings. The van der Waals surface area contributed by atoms with Crippen molar-refractivity contribution in [2.24, 2.45) is 0 Å². The molecule has 7 nitrogen and oxygen atoms in total. The smallest absolute Gasteiger partial charge is 0.264 e. The van der Waals surface area contributed by atoms with E-state index in [1.165, 1.54) is 6.33 Å². The Labute approximate surface area is 192 Å². The zero-order chi connectivity index (χ0) is 22.8. The zero-order valence-corrected chi connectivity index (χ0v) is 18.5. The minimum Gasteiger partial charge on any atom is -0.497 e. The zero-order valence-electron chi connectivity index (χ0n) is 18.5. The average Bonchev–Trinajstić information content (AvgIpc) is 3.37. The Kier molecular flexibility index (Phi) is 5.52. The molecule has 0 aliphatic carbocycles. The third-order valence-corrected chi connectivity index (χ3v) is 6.06. The van der Waals surface area contributed by atoms with Gasteiger partial charge in [0.15, 0.2) is 0 Å². The van der Waals surface area contributed by atoms with E-state index in [1.54, 1.807) is 31.3 Å². The molecule has 3 aromatic carbocycles. The van der Waals surface area contributed by atoms with Crippen LogP contribution in [0, 0.1) is 0 Å². The highest BCUT2D eigenvalue weighted by Gasteiger charge is 2.40. The van der Waals surface area contributed by atoms with Crippen molar-refractivity contribution in [3.8, 4) is 11.5 Å². The highest BCUT2D eigenvalue weighted by molar-refractivity contribution is 6.07. The van der Waals surface area contributed by atoms with Crippen LogP contribution in [0.5, 0.6) is 11.5 Å². The van der Waals surface area contributed by atoms with Crippen LogP contribution in [-0.2, 0) is 0 Å². The van der Waals surface area contributed by atoms with Gasteiger partial charge in [-0.25, -0.2) is 4.68 Å². The number of carbonyl (C=O) groups is 1. The van der Waals surface area contributed by atoms with Gasteiger partial charge in [0.2, 0.25) is 5.95 Å². The number of aromatic nitrogens is 3. The molecule has 1 aliphatic rings. The average molecular weight is 441 g/mol. The van der Waals surface area contributed by atoms with Gasteiger partial charge in [0, 0.05) is 0 Å². The maximum absolute atomic E-state index is 13.9. The first-order valence-corrected chi connectivity index (χ1v) is 10.8. The summed E-state index contributed by atoms with van der Waals surface area (Å²) in [4.78, 5) is 20.2. The van der Waals surface area contributed by atoms with Gasteiger partial charge in [0.25, 0.3) is 5.91 Å². The Hall–Kier alpha value is -4.13. The minimum atomic E-state index is -0.254. The molecular weight excluding hydrogens is 416 g/mol. The summed E-state index contributed by atoms with van der Waals surface area (Å²) >= 11 is 0. The van der Waals surface area contributed by atoms with Crippen LogP contribution in [0.2, 0.25) is 0 Å². The van der Waals surface area contributed by atoms with Crippen LogP contribution >= 0.6 is 0 Å². The molecule has 0 radical (unpaired) electrons. The van der Waals surface area contributed by atoms with Gasteiger partial charge in [-0.2, -0.15) is 10.1 Å². The number of benzene rings is 3. The molecule has 1 amide bonds. The van der Waals surface area contributed by atoms with Crippen LogP contribution in [0.15, 0.2) is 85.2 Å². The molecule has 0 spiro atoms. The molecule has 0 saturated carbocycles. The summed E-state index contributed by atoms with van der Waals surface area (Å²) < 4.78 is 12.7. The second-order valence-electron chi connectivity index (χ2n) is 7.83. The number of fused-ring (bicyclic) bond motifs is 1. The Bertz CT molecular complexity index is 1250. The van der Waals surface area contributed by atoms with Crippen LogP contribution < -0.4 is 14.4 Å². The molecule has 33 heavy (non-hydrogen) atoms. The Balaban J connectivity index is 1.65. The number of ether oxygens (including phenoxy) is 2. The van der Waals surface area contributed by atoms with Crippen LogP contribution in [0.25, 0.3) is 0 Å². The summed E-state index contributed by atoms with van der Waals surface area (Å²) in [5, 5.41) is 4.50. The van der Waals surface area contributed by atoms with Crippen molar-refractivity contribution in [2.75, 3.05) is 19.1 Å². The van der Waals surface area contributed by atoms with Gasteiger partial charge in [0.1, 0.15) is 17.8 Å². The van der Waals surface area contributed by atoms with E-state index in [1.807, 2.05) is 59.3 Å². The van der Waals surface area contributed by atoms with Crippen molar-refractivity contribution in [1.82, 2.24) is 14.8 Å². The fourth-order valence-electron chi connectivity index (χ4n) is 4.44. The number of anilines is 1. The lowest BCUT2D eigenvalue weighted by Gasteiger charge is -2.39. The van der Waals surface area contributed by atoms with E-state index in [2.05, 4.69) is 22.2 Å². The molecule has 7 heteroatoms. The normalized spacial score (nSPS) is 17.3. The first kappa shape index (κ1) is 20.8.